The summed E-state index contributed by atoms with van der Waals surface area (Å²) in [4.78, 5) is 31.8. The van der Waals surface area contributed by atoms with Crippen LogP contribution in [0.5, 0.6) is 5.75 Å². The highest BCUT2D eigenvalue weighted by atomic mass is 32.2. The summed E-state index contributed by atoms with van der Waals surface area (Å²) in [6.45, 7) is 24.0. The maximum atomic E-state index is 14.2. The lowest BCUT2D eigenvalue weighted by Crippen LogP contribution is -2.55. The van der Waals surface area contributed by atoms with Crippen molar-refractivity contribution in [3.8, 4) is 16.9 Å². The summed E-state index contributed by atoms with van der Waals surface area (Å²) >= 11 is 0. The van der Waals surface area contributed by atoms with Gasteiger partial charge >= 0.3 is 40.9 Å². The Morgan fingerprint density at radius 2 is 0.812 bits per heavy atom. The van der Waals surface area contributed by atoms with Gasteiger partial charge in [0.15, 0.2) is 29.2 Å². The zero-order valence-electron chi connectivity index (χ0n) is 58.9. The summed E-state index contributed by atoms with van der Waals surface area (Å²) in [5.41, 5.74) is -1.49. The molecule has 0 aliphatic carbocycles. The van der Waals surface area contributed by atoms with Gasteiger partial charge in [0.25, 0.3) is 0 Å². The van der Waals surface area contributed by atoms with Gasteiger partial charge < -0.3 is 23.0 Å². The Morgan fingerprint density at radius 1 is 0.465 bits per heavy atom. The minimum atomic E-state index is -5.78. The van der Waals surface area contributed by atoms with Gasteiger partial charge in [0.05, 0.1) is 34.2 Å². The normalized spacial score (nSPS) is 17.5. The lowest BCUT2D eigenvalue weighted by molar-refractivity contribution is -0.152. The first-order valence-corrected chi connectivity index (χ1v) is 37.6. The van der Waals surface area contributed by atoms with E-state index in [0.717, 1.165) is 64.5 Å². The number of esters is 2. The second-order valence-electron chi connectivity index (χ2n) is 29.5. The van der Waals surface area contributed by atoms with Gasteiger partial charge in [-0.2, -0.15) is 34.8 Å². The highest BCUT2D eigenvalue weighted by Crippen LogP contribution is 2.42. The molecule has 0 atom stereocenters. The number of sulfone groups is 2. The van der Waals surface area contributed by atoms with E-state index in [2.05, 4.69) is 26.1 Å². The summed E-state index contributed by atoms with van der Waals surface area (Å²) in [6, 6.07) is 44.3. The van der Waals surface area contributed by atoms with E-state index in [4.69, 9.17) is 18.8 Å². The van der Waals surface area contributed by atoms with Crippen LogP contribution in [0.2, 0.25) is 0 Å². The molecule has 0 saturated carbocycles. The van der Waals surface area contributed by atoms with Crippen LogP contribution < -0.4 is 9.65 Å². The van der Waals surface area contributed by atoms with Crippen molar-refractivity contribution < 1.29 is 92.9 Å². The van der Waals surface area contributed by atoms with E-state index in [-0.39, 0.29) is 84.3 Å². The van der Waals surface area contributed by atoms with Crippen molar-refractivity contribution in [3.63, 3.8) is 0 Å². The van der Waals surface area contributed by atoms with Crippen LogP contribution in [0.1, 0.15) is 137 Å². The van der Waals surface area contributed by atoms with E-state index in [1.807, 2.05) is 142 Å². The summed E-state index contributed by atoms with van der Waals surface area (Å²) in [7, 11) is -14.5. The van der Waals surface area contributed by atoms with E-state index in [1.54, 1.807) is 48.5 Å². The average molecular weight is 1480 g/mol. The monoisotopic (exact) mass is 1470 g/mol. The van der Waals surface area contributed by atoms with E-state index < -0.39 is 99.3 Å². The standard InChI is InChI=1S/C34H41F2NO4S.C30H42BNO6S.C10H8F6O3S/c1-32(2,3)25-41-31(38)34(20-22-37(23-21-34)24-27-8-6-5-7-9-27)42(39,40)30-16-14-29(15-17-30)28-12-10-26(11-13-28)18-19-33(4,35)36;1-27(2,3)22-36-26(33)30(17-19-32(20-18-30)21-23-11-9-8-10-12-23)39(34,35)25-15-13-24(14-16-25)31-37-28(4,5)29(6,7)38-31;11-9(12,13)6-5-7-1-3-8(4-2-7)19-20(17,18)10(14,15)16/h5-17H,18-25H2,1-4H3;8-16H,17-22H2,1-7H3;1-4H,5-6H2. The molecule has 0 N–H and O–H groups in total. The summed E-state index contributed by atoms with van der Waals surface area (Å²) in [6.07, 6.45) is -5.12. The molecule has 27 heteroatoms. The maximum Gasteiger partial charge on any atom is 0.534 e. The second kappa shape index (κ2) is 32.1. The van der Waals surface area contributed by atoms with Crippen LogP contribution in [0.25, 0.3) is 11.1 Å². The van der Waals surface area contributed by atoms with E-state index in [9.17, 15) is 70.0 Å². The fourth-order valence-electron chi connectivity index (χ4n) is 11.3. The lowest BCUT2D eigenvalue weighted by Gasteiger charge is -2.39. The number of halogens is 8. The minimum absolute atomic E-state index is 0.0808. The number of aryl methyl sites for hydroxylation is 2. The van der Waals surface area contributed by atoms with Gasteiger partial charge in [0, 0.05) is 52.1 Å². The van der Waals surface area contributed by atoms with Crippen molar-refractivity contribution in [3.05, 3.63) is 180 Å². The Bertz CT molecular complexity index is 4040. The fraction of sp³-hybridized carbons (Fsp3) is 0.486. The summed E-state index contributed by atoms with van der Waals surface area (Å²) < 4.78 is 201. The first-order valence-electron chi connectivity index (χ1n) is 33.2. The number of carbonyl (C=O) groups excluding carboxylic acids is 2. The zero-order valence-corrected chi connectivity index (χ0v) is 61.3. The molecule has 3 heterocycles. The van der Waals surface area contributed by atoms with Gasteiger partial charge in [-0.25, -0.2) is 25.6 Å². The van der Waals surface area contributed by atoms with Crippen molar-refractivity contribution in [2.24, 2.45) is 10.8 Å². The Morgan fingerprint density at radius 3 is 1.16 bits per heavy atom. The van der Waals surface area contributed by atoms with Crippen molar-refractivity contribution in [2.45, 2.75) is 189 Å². The molecule has 0 aromatic heterocycles. The van der Waals surface area contributed by atoms with Crippen molar-refractivity contribution in [1.82, 2.24) is 9.80 Å². The second-order valence-corrected chi connectivity index (χ2v) is 35.5. The number of nitrogens with zero attached hydrogens (tertiary/aromatic N) is 2. The summed E-state index contributed by atoms with van der Waals surface area (Å²) in [5, 5.41) is 0. The summed E-state index contributed by atoms with van der Waals surface area (Å²) in [5.74, 6) is -4.69. The van der Waals surface area contributed by atoms with Crippen LogP contribution in [0.4, 0.5) is 35.1 Å². The van der Waals surface area contributed by atoms with Gasteiger partial charge in [-0.1, -0.05) is 163 Å². The molecule has 101 heavy (non-hydrogen) atoms. The minimum Gasteiger partial charge on any atom is -0.464 e. The average Bonchev–Trinajstić information content (AvgIpc) is 1.06. The van der Waals surface area contributed by atoms with Crippen LogP contribution in [0.15, 0.2) is 168 Å². The third-order valence-corrected chi connectivity index (χ3v) is 24.0. The molecule has 6 aromatic rings. The molecule has 0 bridgehead atoms. The van der Waals surface area contributed by atoms with Gasteiger partial charge in [-0.05, 0) is 159 Å². The molecule has 3 saturated heterocycles. The maximum absolute atomic E-state index is 14.2. The number of hydrogen-bond donors (Lipinski definition) is 0. The predicted molar refractivity (Wildman–Crippen MR) is 372 cm³/mol. The smallest absolute Gasteiger partial charge is 0.464 e. The van der Waals surface area contributed by atoms with E-state index in [1.165, 1.54) is 0 Å². The molecule has 552 valence electrons. The predicted octanol–water partition coefficient (Wildman–Crippen LogP) is 15.1. The van der Waals surface area contributed by atoms with Crippen LogP contribution in [0, 0.1) is 10.8 Å². The molecule has 0 amide bonds. The third-order valence-electron chi connectivity index (χ3n) is 18.0. The number of alkyl halides is 8. The van der Waals surface area contributed by atoms with Crippen LogP contribution in [0.3, 0.4) is 0 Å². The SMILES string of the molecule is CC(C)(C)COC(=O)C1(S(=O)(=O)c2ccc(-c3ccc(CCC(C)(F)F)cc3)cc2)CCN(Cc2ccccc2)CC1.CC(C)(C)COC(=O)C1(S(=O)(=O)c2ccc(B3OC(C)(C)C(C)(C)O3)cc2)CCN(Cc2ccccc2)CC1.O=S(=O)(Oc1ccc(CCC(F)(F)F)cc1)C(F)(F)F. The number of benzene rings is 6. The van der Waals surface area contributed by atoms with Gasteiger partial charge in [0.1, 0.15) is 5.75 Å². The molecule has 0 radical (unpaired) electrons. The number of hydrogen-bond acceptors (Lipinski definition) is 15. The van der Waals surface area contributed by atoms with Crippen LogP contribution >= 0.6 is 0 Å². The van der Waals surface area contributed by atoms with Gasteiger partial charge in [-0.15, -0.1) is 0 Å². The van der Waals surface area contributed by atoms with Crippen molar-refractivity contribution in [2.75, 3.05) is 39.4 Å². The number of ether oxygens (including phenoxy) is 2. The third kappa shape index (κ3) is 21.9. The quantitative estimate of drug-likeness (QED) is 0.0217. The van der Waals surface area contributed by atoms with Crippen molar-refractivity contribution in [1.29, 1.82) is 0 Å². The highest BCUT2D eigenvalue weighted by Gasteiger charge is 2.57. The topological polar surface area (TPSA) is 189 Å². The van der Waals surface area contributed by atoms with Crippen LogP contribution in [-0.2, 0) is 84.1 Å². The molecule has 6 aromatic carbocycles. The molecule has 0 spiro atoms. The van der Waals surface area contributed by atoms with E-state index in [0.29, 0.717) is 39.3 Å². The molecular weight excluding hydrogens is 1380 g/mol. The number of carbonyl (C=O) groups is 2. The molecule has 3 aliphatic heterocycles. The Labute approximate surface area is 589 Å². The van der Waals surface area contributed by atoms with Crippen molar-refractivity contribution >= 4 is 54.3 Å². The number of piperidine rings is 2. The highest BCUT2D eigenvalue weighted by molar-refractivity contribution is 7.94. The number of rotatable bonds is 21. The Balaban J connectivity index is 0.000000226. The largest absolute Gasteiger partial charge is 0.534 e. The molecule has 9 rings (SSSR count). The van der Waals surface area contributed by atoms with E-state index >= 15 is 0 Å². The molecular formula is C74H91BF8N2O13S3. The molecule has 3 aliphatic rings. The fourth-order valence-corrected chi connectivity index (χ4v) is 15.6. The first-order chi connectivity index (χ1) is 46.7. The van der Waals surface area contributed by atoms with Gasteiger partial charge in [0.2, 0.25) is 5.92 Å². The molecule has 15 nitrogen and oxygen atoms in total. The first kappa shape index (κ1) is 81.6. The Kier molecular flexibility index (Phi) is 25.9. The molecule has 3 fully saturated rings. The number of likely N-dealkylation sites (tertiary alicyclic amines) is 2. The lowest BCUT2D eigenvalue weighted by atomic mass is 9.79. The molecule has 0 unspecified atom stereocenters. The van der Waals surface area contributed by atoms with Gasteiger partial charge in [-0.3, -0.25) is 19.4 Å². The zero-order chi connectivity index (χ0) is 74.9. The van der Waals surface area contributed by atoms with Crippen LogP contribution in [-0.4, -0.2) is 132 Å². The Hall–Kier alpha value is -6.75.